The van der Waals surface area contributed by atoms with E-state index in [9.17, 15) is 0 Å². The van der Waals surface area contributed by atoms with E-state index in [2.05, 4.69) is 114 Å². The van der Waals surface area contributed by atoms with Crippen LogP contribution in [0.1, 0.15) is 0 Å². The molecule has 0 N–H and O–H groups in total. The largest absolute Gasteiger partial charge is 0.292 e. The molecule has 6 aromatic rings. The Morgan fingerprint density at radius 3 is 1.76 bits per heavy atom. The highest BCUT2D eigenvalue weighted by atomic mass is 15.0. The zero-order valence-electron chi connectivity index (χ0n) is 15.8. The number of imidazole rings is 1. The molecule has 0 fully saturated rings. The summed E-state index contributed by atoms with van der Waals surface area (Å²) < 4.78 is 2.30. The monoisotopic (exact) mass is 370 g/mol. The first-order valence-electron chi connectivity index (χ1n) is 9.84. The van der Waals surface area contributed by atoms with E-state index < -0.39 is 0 Å². The Hall–Kier alpha value is -3.91. The summed E-state index contributed by atoms with van der Waals surface area (Å²) in [4.78, 5) is 5.09. The van der Waals surface area contributed by atoms with Crippen molar-refractivity contribution in [2.45, 2.75) is 0 Å². The maximum atomic E-state index is 5.09. The van der Waals surface area contributed by atoms with E-state index in [0.29, 0.717) is 0 Å². The quantitative estimate of drug-likeness (QED) is 0.321. The molecule has 0 spiro atoms. The van der Waals surface area contributed by atoms with Gasteiger partial charge in [0.15, 0.2) is 0 Å². The molecule has 0 atom stereocenters. The Kier molecular flexibility index (Phi) is 3.50. The smallest absolute Gasteiger partial charge is 0.147 e. The van der Waals surface area contributed by atoms with E-state index in [4.69, 9.17) is 4.98 Å². The van der Waals surface area contributed by atoms with Gasteiger partial charge in [0.05, 0.1) is 16.6 Å². The third-order valence-corrected chi connectivity index (χ3v) is 5.57. The van der Waals surface area contributed by atoms with Crippen LogP contribution in [-0.2, 0) is 0 Å². The van der Waals surface area contributed by atoms with Gasteiger partial charge in [0.25, 0.3) is 0 Å². The van der Waals surface area contributed by atoms with Crippen LogP contribution < -0.4 is 0 Å². The van der Waals surface area contributed by atoms with E-state index >= 15 is 0 Å². The second kappa shape index (κ2) is 6.32. The average molecular weight is 370 g/mol. The van der Waals surface area contributed by atoms with Gasteiger partial charge in [-0.1, -0.05) is 91.0 Å². The van der Waals surface area contributed by atoms with Gasteiger partial charge in [0, 0.05) is 16.5 Å². The first kappa shape index (κ1) is 16.1. The van der Waals surface area contributed by atoms with Crippen molar-refractivity contribution in [3.63, 3.8) is 0 Å². The molecule has 2 aromatic heterocycles. The van der Waals surface area contributed by atoms with Crippen molar-refractivity contribution in [1.82, 2.24) is 9.38 Å². The van der Waals surface area contributed by atoms with Crippen molar-refractivity contribution in [3.8, 4) is 22.3 Å². The third-order valence-electron chi connectivity index (χ3n) is 5.57. The second-order valence-electron chi connectivity index (χ2n) is 7.26. The summed E-state index contributed by atoms with van der Waals surface area (Å²) in [5.74, 6) is 0. The zero-order valence-corrected chi connectivity index (χ0v) is 15.8. The molecule has 136 valence electrons. The topological polar surface area (TPSA) is 17.3 Å². The summed E-state index contributed by atoms with van der Waals surface area (Å²) in [5.41, 5.74) is 9.11. The highest BCUT2D eigenvalue weighted by Crippen LogP contribution is 2.42. The van der Waals surface area contributed by atoms with Crippen LogP contribution in [0.3, 0.4) is 0 Å². The molecule has 0 bridgehead atoms. The summed E-state index contributed by atoms with van der Waals surface area (Å²) in [6.07, 6.45) is 0. The summed E-state index contributed by atoms with van der Waals surface area (Å²) in [5, 5.41) is 1.23. The first-order valence-corrected chi connectivity index (χ1v) is 9.84. The number of hydrogen-bond acceptors (Lipinski definition) is 1. The fourth-order valence-corrected chi connectivity index (χ4v) is 4.35. The lowest BCUT2D eigenvalue weighted by molar-refractivity contribution is 1.30. The van der Waals surface area contributed by atoms with E-state index in [-0.39, 0.29) is 0 Å². The minimum Gasteiger partial charge on any atom is -0.292 e. The van der Waals surface area contributed by atoms with Crippen LogP contribution in [0.2, 0.25) is 0 Å². The number of nitrogens with zero attached hydrogens (tertiary/aromatic N) is 2. The molecule has 2 heteroatoms. The lowest BCUT2D eigenvalue weighted by Crippen LogP contribution is -1.96. The molecular formula is C27H18N2. The van der Waals surface area contributed by atoms with Crippen molar-refractivity contribution in [3.05, 3.63) is 109 Å². The van der Waals surface area contributed by atoms with Gasteiger partial charge in [0.2, 0.25) is 0 Å². The molecule has 0 unspecified atom stereocenters. The van der Waals surface area contributed by atoms with Gasteiger partial charge in [-0.25, -0.2) is 4.98 Å². The van der Waals surface area contributed by atoms with Crippen LogP contribution >= 0.6 is 0 Å². The Labute approximate surface area is 168 Å². The van der Waals surface area contributed by atoms with Gasteiger partial charge in [-0.3, -0.25) is 4.40 Å². The standard InChI is InChI=1S/C27H18N2/c1-3-11-19(12-4-1)25-21-15-7-9-17-23(21)29-24-18-10-8-16-22(24)28-27(29)26(25)20-13-5-2-6-14-20/h1-18H. The second-order valence-corrected chi connectivity index (χ2v) is 7.26. The van der Waals surface area contributed by atoms with E-state index in [1.807, 2.05) is 0 Å². The number of para-hydroxylation sites is 3. The molecule has 0 saturated heterocycles. The zero-order chi connectivity index (χ0) is 19.2. The fourth-order valence-electron chi connectivity index (χ4n) is 4.35. The minimum atomic E-state index is 0.995. The number of fused-ring (bicyclic) bond motifs is 5. The van der Waals surface area contributed by atoms with Gasteiger partial charge in [-0.2, -0.15) is 0 Å². The van der Waals surface area contributed by atoms with Gasteiger partial charge < -0.3 is 0 Å². The number of benzene rings is 4. The lowest BCUT2D eigenvalue weighted by atomic mass is 9.92. The van der Waals surface area contributed by atoms with Gasteiger partial charge in [-0.15, -0.1) is 0 Å². The SMILES string of the molecule is c1ccc(-c2c(-c3ccccc3)c3nc4ccccc4n3c3ccccc23)cc1. The average Bonchev–Trinajstić information content (AvgIpc) is 3.19. The summed E-state index contributed by atoms with van der Waals surface area (Å²) in [6.45, 7) is 0. The molecule has 0 saturated carbocycles. The van der Waals surface area contributed by atoms with Gasteiger partial charge >= 0.3 is 0 Å². The number of rotatable bonds is 2. The van der Waals surface area contributed by atoms with E-state index in [1.54, 1.807) is 0 Å². The molecule has 2 nitrogen and oxygen atoms in total. The molecule has 0 aliphatic carbocycles. The molecule has 0 amide bonds. The van der Waals surface area contributed by atoms with E-state index in [0.717, 1.165) is 16.7 Å². The Morgan fingerprint density at radius 1 is 0.483 bits per heavy atom. The van der Waals surface area contributed by atoms with Crippen LogP contribution in [0.15, 0.2) is 109 Å². The number of hydrogen-bond donors (Lipinski definition) is 0. The third kappa shape index (κ3) is 2.39. The van der Waals surface area contributed by atoms with Crippen LogP contribution in [0.4, 0.5) is 0 Å². The number of aromatic nitrogens is 2. The normalized spacial score (nSPS) is 11.4. The van der Waals surface area contributed by atoms with Crippen LogP contribution in [-0.4, -0.2) is 9.38 Å². The highest BCUT2D eigenvalue weighted by Gasteiger charge is 2.20. The van der Waals surface area contributed by atoms with Gasteiger partial charge in [-0.05, 0) is 29.3 Å². The van der Waals surface area contributed by atoms with Crippen LogP contribution in [0.25, 0.3) is 49.8 Å². The lowest BCUT2D eigenvalue weighted by Gasteiger charge is -2.17. The molecule has 29 heavy (non-hydrogen) atoms. The van der Waals surface area contributed by atoms with Crippen LogP contribution in [0, 0.1) is 0 Å². The molecule has 2 heterocycles. The summed E-state index contributed by atoms with van der Waals surface area (Å²) in [7, 11) is 0. The molecule has 0 radical (unpaired) electrons. The number of pyridine rings is 1. The Bertz CT molecular complexity index is 1480. The van der Waals surface area contributed by atoms with Gasteiger partial charge in [0.1, 0.15) is 5.65 Å². The predicted molar refractivity (Wildman–Crippen MR) is 121 cm³/mol. The highest BCUT2D eigenvalue weighted by molar-refractivity contribution is 6.09. The molecular weight excluding hydrogens is 352 g/mol. The van der Waals surface area contributed by atoms with Crippen molar-refractivity contribution in [2.24, 2.45) is 0 Å². The molecule has 6 rings (SSSR count). The van der Waals surface area contributed by atoms with Crippen molar-refractivity contribution in [1.29, 1.82) is 0 Å². The molecule has 0 aliphatic rings. The maximum Gasteiger partial charge on any atom is 0.147 e. The fraction of sp³-hybridized carbons (Fsp3) is 0. The first-order chi connectivity index (χ1) is 14.4. The predicted octanol–water partition coefficient (Wildman–Crippen LogP) is 6.97. The Balaban J connectivity index is 1.93. The van der Waals surface area contributed by atoms with Crippen molar-refractivity contribution in [2.75, 3.05) is 0 Å². The summed E-state index contributed by atoms with van der Waals surface area (Å²) >= 11 is 0. The van der Waals surface area contributed by atoms with Crippen molar-refractivity contribution >= 4 is 27.6 Å². The van der Waals surface area contributed by atoms with Crippen molar-refractivity contribution < 1.29 is 0 Å². The Morgan fingerprint density at radius 2 is 1.03 bits per heavy atom. The van der Waals surface area contributed by atoms with E-state index in [1.165, 1.54) is 33.2 Å². The maximum absolute atomic E-state index is 5.09. The molecule has 0 aliphatic heterocycles. The molecule has 4 aromatic carbocycles. The summed E-state index contributed by atoms with van der Waals surface area (Å²) in [6, 6.07) is 38.3. The van der Waals surface area contributed by atoms with Crippen LogP contribution in [0.5, 0.6) is 0 Å². The minimum absolute atomic E-state index is 0.995.